The predicted molar refractivity (Wildman–Crippen MR) is 93.8 cm³/mol. The lowest BCUT2D eigenvalue weighted by molar-refractivity contribution is 0.797. The third kappa shape index (κ3) is 9.51. The Morgan fingerprint density at radius 1 is 0.684 bits per heavy atom. The van der Waals surface area contributed by atoms with E-state index in [0.717, 1.165) is 6.42 Å². The minimum absolute atomic E-state index is 0.655. The molecule has 19 heavy (non-hydrogen) atoms. The molecule has 0 saturated heterocycles. The van der Waals surface area contributed by atoms with Crippen molar-refractivity contribution in [3.63, 3.8) is 0 Å². The van der Waals surface area contributed by atoms with E-state index in [0.29, 0.717) is 0 Å². The third-order valence-electron chi connectivity index (χ3n) is 4.16. The smallest absolute Gasteiger partial charge is 0.0594 e. The minimum Gasteiger partial charge on any atom is -0.120 e. The molecule has 1 heteroatoms. The number of unbranched alkanes of at least 4 members (excludes halogenated alkanes) is 5. The first-order valence-corrected chi connectivity index (χ1v) is 11.1. The van der Waals surface area contributed by atoms with E-state index in [9.17, 15) is 0 Å². The van der Waals surface area contributed by atoms with Gasteiger partial charge in [-0.15, -0.1) is 12.3 Å². The van der Waals surface area contributed by atoms with E-state index in [4.69, 9.17) is 6.42 Å². The van der Waals surface area contributed by atoms with Crippen molar-refractivity contribution in [1.82, 2.24) is 0 Å². The number of terminal acetylenes is 1. The number of rotatable bonds is 13. The summed E-state index contributed by atoms with van der Waals surface area (Å²) in [5.74, 6) is 2.80. The lowest BCUT2D eigenvalue weighted by Crippen LogP contribution is -2.12. The first kappa shape index (κ1) is 19.0. The summed E-state index contributed by atoms with van der Waals surface area (Å²) in [5, 5.41) is 0. The molecular weight excluding hydrogens is 247 g/mol. The lowest BCUT2D eigenvalue weighted by atomic mass is 10.3. The van der Waals surface area contributed by atoms with Crippen LogP contribution in [0.4, 0.5) is 0 Å². The fourth-order valence-corrected chi connectivity index (χ4v) is 8.02. The normalized spacial score (nSPS) is 11.5. The lowest BCUT2D eigenvalue weighted by Gasteiger charge is -2.28. The third-order valence-corrected chi connectivity index (χ3v) is 9.22. The van der Waals surface area contributed by atoms with E-state index < -0.39 is 7.26 Å². The summed E-state index contributed by atoms with van der Waals surface area (Å²) in [5.41, 5.74) is 0. The summed E-state index contributed by atoms with van der Waals surface area (Å²) in [6.07, 6.45) is 23.6. The van der Waals surface area contributed by atoms with E-state index in [2.05, 4.69) is 26.7 Å². The van der Waals surface area contributed by atoms with Crippen LogP contribution in [-0.4, -0.2) is 24.6 Å². The molecule has 0 N–H and O–H groups in total. The Labute approximate surface area is 123 Å². The standard InChI is InChI=1S/C18H36P/c1-5-9-13-14-18-19(15-10-6-2,16-11-7-3)17-12-8-4/h1H,6-18H2,2-4H3/q+1. The Kier molecular flexibility index (Phi) is 13.0. The highest BCUT2D eigenvalue weighted by molar-refractivity contribution is 7.75. The van der Waals surface area contributed by atoms with Gasteiger partial charge in [-0.05, 0) is 32.1 Å². The molecule has 112 valence electrons. The van der Waals surface area contributed by atoms with Crippen molar-refractivity contribution < 1.29 is 0 Å². The van der Waals surface area contributed by atoms with Crippen molar-refractivity contribution in [3.8, 4) is 12.3 Å². The van der Waals surface area contributed by atoms with Crippen LogP contribution in [0.2, 0.25) is 0 Å². The van der Waals surface area contributed by atoms with Crippen LogP contribution in [-0.2, 0) is 0 Å². The topological polar surface area (TPSA) is 0 Å². The van der Waals surface area contributed by atoms with Crippen molar-refractivity contribution >= 4 is 7.26 Å². The Morgan fingerprint density at radius 3 is 1.47 bits per heavy atom. The van der Waals surface area contributed by atoms with Gasteiger partial charge in [0.25, 0.3) is 0 Å². The molecule has 0 fully saturated rings. The summed E-state index contributed by atoms with van der Waals surface area (Å²) in [4.78, 5) is 0. The van der Waals surface area contributed by atoms with Gasteiger partial charge in [-0.25, -0.2) is 0 Å². The second-order valence-corrected chi connectivity index (χ2v) is 10.4. The molecule has 0 aliphatic heterocycles. The summed E-state index contributed by atoms with van der Waals surface area (Å²) in [7, 11) is -0.655. The summed E-state index contributed by atoms with van der Waals surface area (Å²) in [6.45, 7) is 7.02. The predicted octanol–water partition coefficient (Wildman–Crippen LogP) is 6.21. The van der Waals surface area contributed by atoms with Crippen LogP contribution in [0.25, 0.3) is 0 Å². The van der Waals surface area contributed by atoms with Gasteiger partial charge in [0.2, 0.25) is 0 Å². The van der Waals surface area contributed by atoms with Gasteiger partial charge in [-0.3, -0.25) is 0 Å². The Bertz CT molecular complexity index is 205. The van der Waals surface area contributed by atoms with Gasteiger partial charge >= 0.3 is 0 Å². The average molecular weight is 283 g/mol. The van der Waals surface area contributed by atoms with Crippen LogP contribution in [0.15, 0.2) is 0 Å². The van der Waals surface area contributed by atoms with Crippen LogP contribution >= 0.6 is 7.26 Å². The maximum absolute atomic E-state index is 5.38. The summed E-state index contributed by atoms with van der Waals surface area (Å²) < 4.78 is 0. The average Bonchev–Trinajstić information content (AvgIpc) is 2.44. The first-order valence-electron chi connectivity index (χ1n) is 8.53. The fourth-order valence-electron chi connectivity index (χ4n) is 2.83. The Morgan fingerprint density at radius 2 is 1.11 bits per heavy atom. The second-order valence-electron chi connectivity index (χ2n) is 5.96. The maximum Gasteiger partial charge on any atom is 0.0594 e. The number of hydrogen-bond acceptors (Lipinski definition) is 0. The molecule has 0 aliphatic rings. The minimum atomic E-state index is -0.655. The molecule has 0 saturated carbocycles. The molecule has 0 rings (SSSR count). The first-order chi connectivity index (χ1) is 9.24. The Hall–Kier alpha value is -0.0100. The molecule has 0 bridgehead atoms. The number of hydrogen-bond donors (Lipinski definition) is 0. The van der Waals surface area contributed by atoms with Crippen molar-refractivity contribution in [2.45, 2.75) is 78.6 Å². The molecule has 0 heterocycles. The van der Waals surface area contributed by atoms with Crippen LogP contribution in [0.3, 0.4) is 0 Å². The van der Waals surface area contributed by atoms with Gasteiger partial charge < -0.3 is 0 Å². The van der Waals surface area contributed by atoms with Crippen LogP contribution in [0.5, 0.6) is 0 Å². The van der Waals surface area contributed by atoms with Crippen molar-refractivity contribution in [2.75, 3.05) is 24.6 Å². The SMILES string of the molecule is C#CCCCC[P+](CCCC)(CCCC)CCCC. The van der Waals surface area contributed by atoms with Gasteiger partial charge in [0, 0.05) is 13.7 Å². The zero-order valence-corrected chi connectivity index (χ0v) is 14.6. The molecule has 0 amide bonds. The van der Waals surface area contributed by atoms with Crippen molar-refractivity contribution in [2.24, 2.45) is 0 Å². The molecule has 0 aromatic carbocycles. The quantitative estimate of drug-likeness (QED) is 0.214. The highest BCUT2D eigenvalue weighted by atomic mass is 31.2. The molecule has 0 radical (unpaired) electrons. The molecule has 0 aromatic heterocycles. The van der Waals surface area contributed by atoms with Crippen LogP contribution < -0.4 is 0 Å². The highest BCUT2D eigenvalue weighted by Gasteiger charge is 2.34. The second kappa shape index (κ2) is 13.0. The monoisotopic (exact) mass is 283 g/mol. The van der Waals surface area contributed by atoms with Crippen molar-refractivity contribution in [3.05, 3.63) is 0 Å². The largest absolute Gasteiger partial charge is 0.120 e. The van der Waals surface area contributed by atoms with E-state index in [1.54, 1.807) is 18.5 Å². The van der Waals surface area contributed by atoms with Gasteiger partial charge in [0.1, 0.15) is 0 Å². The van der Waals surface area contributed by atoms with Crippen LogP contribution in [0.1, 0.15) is 78.6 Å². The van der Waals surface area contributed by atoms with E-state index in [1.807, 2.05) is 0 Å². The highest BCUT2D eigenvalue weighted by Crippen LogP contribution is 2.61. The van der Waals surface area contributed by atoms with E-state index >= 15 is 0 Å². The van der Waals surface area contributed by atoms with Gasteiger partial charge in [0.15, 0.2) is 0 Å². The molecule has 0 nitrogen and oxygen atoms in total. The zero-order chi connectivity index (χ0) is 14.4. The fraction of sp³-hybridized carbons (Fsp3) is 0.889. The van der Waals surface area contributed by atoms with Crippen LogP contribution in [0, 0.1) is 12.3 Å². The molecule has 0 aromatic rings. The van der Waals surface area contributed by atoms with E-state index in [1.165, 1.54) is 57.5 Å². The molecule has 0 unspecified atom stereocenters. The maximum atomic E-state index is 5.38. The summed E-state index contributed by atoms with van der Waals surface area (Å²) in [6, 6.07) is 0. The van der Waals surface area contributed by atoms with Gasteiger partial charge in [-0.1, -0.05) is 40.0 Å². The van der Waals surface area contributed by atoms with Gasteiger partial charge in [-0.2, -0.15) is 0 Å². The zero-order valence-electron chi connectivity index (χ0n) is 13.7. The molecule has 0 atom stereocenters. The van der Waals surface area contributed by atoms with Crippen molar-refractivity contribution in [1.29, 1.82) is 0 Å². The molecule has 0 aliphatic carbocycles. The van der Waals surface area contributed by atoms with Gasteiger partial charge in [0.05, 0.1) is 24.6 Å². The molecular formula is C18H36P+. The molecule has 0 spiro atoms. The van der Waals surface area contributed by atoms with E-state index in [-0.39, 0.29) is 0 Å². The Balaban J connectivity index is 4.43. The summed E-state index contributed by atoms with van der Waals surface area (Å²) >= 11 is 0.